The minimum atomic E-state index is -0.833. The first-order valence-electron chi connectivity index (χ1n) is 11.3. The van der Waals surface area contributed by atoms with Crippen LogP contribution in [-0.4, -0.2) is 45.4 Å². The highest BCUT2D eigenvalue weighted by Gasteiger charge is 2.19. The van der Waals surface area contributed by atoms with E-state index in [0.29, 0.717) is 48.0 Å². The van der Waals surface area contributed by atoms with E-state index < -0.39 is 5.97 Å². The number of carboxylic acids is 1. The summed E-state index contributed by atoms with van der Waals surface area (Å²) >= 11 is 0. The molecule has 0 radical (unpaired) electrons. The van der Waals surface area contributed by atoms with Gasteiger partial charge in [0, 0.05) is 42.7 Å². The fourth-order valence-corrected chi connectivity index (χ4v) is 4.16. The summed E-state index contributed by atoms with van der Waals surface area (Å²) < 4.78 is 13.5. The number of hydrogen-bond acceptors (Lipinski definition) is 6. The van der Waals surface area contributed by atoms with Gasteiger partial charge in [0.05, 0.1) is 16.6 Å². The van der Waals surface area contributed by atoms with Crippen LogP contribution in [0.5, 0.6) is 11.5 Å². The van der Waals surface area contributed by atoms with Crippen LogP contribution in [0.4, 0.5) is 0 Å². The molecule has 0 amide bonds. The second kappa shape index (κ2) is 9.96. The van der Waals surface area contributed by atoms with Crippen LogP contribution < -0.4 is 20.8 Å². The Labute approximate surface area is 196 Å². The number of nitrogens with two attached hydrogens (primary N) is 1. The average molecular weight is 465 g/mol. The van der Waals surface area contributed by atoms with Crippen molar-refractivity contribution in [2.24, 2.45) is 5.73 Å². The third-order valence-corrected chi connectivity index (χ3v) is 5.58. The first-order valence-corrected chi connectivity index (χ1v) is 11.3. The molecule has 0 bridgehead atoms. The van der Waals surface area contributed by atoms with Crippen LogP contribution in [-0.2, 0) is 17.8 Å². The van der Waals surface area contributed by atoms with Crippen LogP contribution in [0.3, 0.4) is 0 Å². The molecule has 0 spiro atoms. The minimum Gasteiger partial charge on any atom is -0.486 e. The van der Waals surface area contributed by atoms with Gasteiger partial charge in [-0.25, -0.2) is 4.98 Å². The zero-order valence-electron chi connectivity index (χ0n) is 19.3. The lowest BCUT2D eigenvalue weighted by molar-refractivity contribution is -0.134. The number of aromatic nitrogens is 3. The highest BCUT2D eigenvalue weighted by atomic mass is 16.6. The van der Waals surface area contributed by atoms with E-state index >= 15 is 0 Å². The van der Waals surface area contributed by atoms with Crippen LogP contribution in [0.25, 0.3) is 33.2 Å². The van der Waals surface area contributed by atoms with Crippen molar-refractivity contribution >= 4 is 27.9 Å². The minimum absolute atomic E-state index is 0.223. The number of carbonyl (C=O) groups is 1. The molecule has 0 atom stereocenters. The summed E-state index contributed by atoms with van der Waals surface area (Å²) in [5, 5.41) is 8.45. The van der Waals surface area contributed by atoms with Crippen molar-refractivity contribution in [3.8, 4) is 22.8 Å². The monoisotopic (exact) mass is 464 g/mol. The van der Waals surface area contributed by atoms with Crippen molar-refractivity contribution < 1.29 is 19.4 Å². The molecule has 1 aliphatic rings. The zero-order chi connectivity index (χ0) is 24.2. The Kier molecular flexibility index (Phi) is 6.83. The molecule has 34 heavy (non-hydrogen) atoms. The Morgan fingerprint density at radius 2 is 1.94 bits per heavy atom. The number of ether oxygens (including phenoxy) is 2. The Morgan fingerprint density at radius 3 is 2.62 bits per heavy atom. The smallest absolute Gasteiger partial charge is 0.300 e. The predicted octanol–water partition coefficient (Wildman–Crippen LogP) is 3.32. The number of nitrogens with one attached hydrogen (secondary N) is 1. The van der Waals surface area contributed by atoms with Gasteiger partial charge in [0.2, 0.25) is 0 Å². The predicted molar refractivity (Wildman–Crippen MR) is 131 cm³/mol. The van der Waals surface area contributed by atoms with Gasteiger partial charge >= 0.3 is 0 Å². The molecule has 3 heterocycles. The molecule has 0 saturated heterocycles. The Bertz CT molecular complexity index is 1400. The second-order valence-corrected chi connectivity index (χ2v) is 7.99. The molecule has 0 fully saturated rings. The van der Waals surface area contributed by atoms with Crippen molar-refractivity contribution in [1.29, 1.82) is 0 Å². The molecule has 0 unspecified atom stereocenters. The van der Waals surface area contributed by atoms with Crippen molar-refractivity contribution in [2.75, 3.05) is 19.8 Å². The summed E-state index contributed by atoms with van der Waals surface area (Å²) in [5.41, 5.74) is 10.5. The molecular formula is C25H28N4O5. The lowest BCUT2D eigenvalue weighted by Gasteiger charge is -2.18. The van der Waals surface area contributed by atoms with E-state index in [1.165, 1.54) is 5.56 Å². The average Bonchev–Trinajstić information content (AvgIpc) is 3.19. The van der Waals surface area contributed by atoms with Crippen LogP contribution >= 0.6 is 0 Å². The molecule has 2 aromatic heterocycles. The number of aryl methyl sites for hydroxylation is 2. The molecule has 0 aliphatic carbocycles. The highest BCUT2D eigenvalue weighted by molar-refractivity contribution is 5.97. The van der Waals surface area contributed by atoms with Crippen LogP contribution in [0, 0.1) is 0 Å². The fourth-order valence-electron chi connectivity index (χ4n) is 4.16. The Balaban J connectivity index is 0.000000636. The molecule has 5 rings (SSSR count). The van der Waals surface area contributed by atoms with Gasteiger partial charge in [-0.1, -0.05) is 25.1 Å². The number of nitrogens with zero attached hydrogens (tertiary/aromatic N) is 2. The van der Waals surface area contributed by atoms with Gasteiger partial charge in [0.1, 0.15) is 18.9 Å². The number of para-hydroxylation sites is 1. The Hall–Kier alpha value is -3.85. The third-order valence-electron chi connectivity index (χ3n) is 5.58. The van der Waals surface area contributed by atoms with E-state index in [-0.39, 0.29) is 5.56 Å². The van der Waals surface area contributed by atoms with Gasteiger partial charge in [-0.05, 0) is 24.9 Å². The van der Waals surface area contributed by atoms with E-state index in [2.05, 4.69) is 28.6 Å². The molecule has 2 aromatic carbocycles. The van der Waals surface area contributed by atoms with Crippen LogP contribution in [0.1, 0.15) is 25.8 Å². The lowest BCUT2D eigenvalue weighted by atomic mass is 10.1. The molecule has 0 saturated carbocycles. The standard InChI is InChI=1S/C23H24N4O3.C2H4O2/c1-2-14-5-3-6-15-16(13-27(22(14)15)8-4-7-24)21-23(28)26-18-12-20-19(11-17(18)25-21)29-9-10-30-20;1-2(3)4/h3,5-6,11-13H,2,4,7-10,24H2,1H3,(H,26,28);1H3,(H,3,4). The van der Waals surface area contributed by atoms with E-state index in [1.54, 1.807) is 6.07 Å². The number of carboxylic acid groups (broad SMARTS) is 1. The molecule has 178 valence electrons. The van der Waals surface area contributed by atoms with Gasteiger partial charge in [-0.2, -0.15) is 0 Å². The van der Waals surface area contributed by atoms with Crippen molar-refractivity contribution in [2.45, 2.75) is 33.2 Å². The summed E-state index contributed by atoms with van der Waals surface area (Å²) in [6, 6.07) is 9.83. The second-order valence-electron chi connectivity index (χ2n) is 7.99. The Morgan fingerprint density at radius 1 is 1.24 bits per heavy atom. The highest BCUT2D eigenvalue weighted by Crippen LogP contribution is 2.35. The molecular weight excluding hydrogens is 436 g/mol. The van der Waals surface area contributed by atoms with Gasteiger partial charge in [0.25, 0.3) is 11.5 Å². The first kappa shape index (κ1) is 23.3. The number of rotatable bonds is 5. The normalized spacial score (nSPS) is 12.4. The topological polar surface area (TPSA) is 132 Å². The van der Waals surface area contributed by atoms with Gasteiger partial charge in [-0.15, -0.1) is 0 Å². The quantitative estimate of drug-likeness (QED) is 0.413. The third kappa shape index (κ3) is 4.60. The summed E-state index contributed by atoms with van der Waals surface area (Å²) in [6.07, 6.45) is 3.81. The zero-order valence-corrected chi connectivity index (χ0v) is 19.3. The number of aromatic amines is 1. The molecule has 4 N–H and O–H groups in total. The molecule has 9 nitrogen and oxygen atoms in total. The molecule has 9 heteroatoms. The number of aliphatic carboxylic acids is 1. The SMILES string of the molecule is CC(=O)O.CCc1cccc2c(-c3nc4cc5c(cc4[nH]c3=O)OCCO5)cn(CCCN)c12. The number of hydrogen-bond donors (Lipinski definition) is 3. The van der Waals surface area contributed by atoms with E-state index in [4.69, 9.17) is 30.1 Å². The molecule has 1 aliphatic heterocycles. The summed E-state index contributed by atoms with van der Waals surface area (Å²) in [4.78, 5) is 29.7. The number of H-pyrrole nitrogens is 1. The maximum atomic E-state index is 13.0. The maximum Gasteiger partial charge on any atom is 0.300 e. The van der Waals surface area contributed by atoms with Crippen LogP contribution in [0.2, 0.25) is 0 Å². The molecule has 4 aromatic rings. The summed E-state index contributed by atoms with van der Waals surface area (Å²) in [7, 11) is 0. The maximum absolute atomic E-state index is 13.0. The first-order chi connectivity index (χ1) is 16.4. The van der Waals surface area contributed by atoms with E-state index in [0.717, 1.165) is 42.8 Å². The van der Waals surface area contributed by atoms with E-state index in [1.807, 2.05) is 18.3 Å². The number of benzene rings is 2. The largest absolute Gasteiger partial charge is 0.486 e. The van der Waals surface area contributed by atoms with Crippen molar-refractivity contribution in [3.05, 3.63) is 52.4 Å². The van der Waals surface area contributed by atoms with Crippen molar-refractivity contribution in [1.82, 2.24) is 14.5 Å². The van der Waals surface area contributed by atoms with Gasteiger partial charge in [-0.3, -0.25) is 9.59 Å². The summed E-state index contributed by atoms with van der Waals surface area (Å²) in [6.45, 7) is 5.64. The van der Waals surface area contributed by atoms with E-state index in [9.17, 15) is 4.79 Å². The van der Waals surface area contributed by atoms with Gasteiger partial charge < -0.3 is 29.9 Å². The number of fused-ring (bicyclic) bond motifs is 3. The van der Waals surface area contributed by atoms with Gasteiger partial charge in [0.15, 0.2) is 11.5 Å². The summed E-state index contributed by atoms with van der Waals surface area (Å²) in [5.74, 6) is 0.447. The lowest BCUT2D eigenvalue weighted by Crippen LogP contribution is -2.16. The fraction of sp³-hybridized carbons (Fsp3) is 0.320. The van der Waals surface area contributed by atoms with Crippen LogP contribution in [0.15, 0.2) is 41.3 Å². The van der Waals surface area contributed by atoms with Crippen molar-refractivity contribution in [3.63, 3.8) is 0 Å².